The average molecular weight is 657 g/mol. The molecule has 2 saturated heterocycles. The molecule has 8 rings (SSSR count). The molecule has 1 N–H and O–H groups in total. The normalized spacial score (nSPS) is 27.1. The minimum absolute atomic E-state index is 0.0708. The number of phenols is 1. The molecule has 1 saturated carbocycles. The molecule has 0 bridgehead atoms. The topological polar surface area (TPSA) is 138 Å². The van der Waals surface area contributed by atoms with Crippen molar-refractivity contribution in [2.45, 2.75) is 33.1 Å². The van der Waals surface area contributed by atoms with Crippen molar-refractivity contribution in [3.05, 3.63) is 107 Å². The van der Waals surface area contributed by atoms with E-state index in [-0.39, 0.29) is 47.4 Å². The lowest BCUT2D eigenvalue weighted by Crippen LogP contribution is -2.45. The number of aromatic hydroxyl groups is 1. The second kappa shape index (κ2) is 11.2. The number of fused-ring (bicyclic) bond motifs is 5. The van der Waals surface area contributed by atoms with Crippen molar-refractivity contribution in [3.8, 4) is 11.5 Å². The number of amides is 4. The second-order valence-corrected chi connectivity index (χ2v) is 13.5. The fourth-order valence-corrected chi connectivity index (χ4v) is 8.61. The van der Waals surface area contributed by atoms with Crippen LogP contribution >= 0.6 is 0 Å². The number of imide groups is 2. The third kappa shape index (κ3) is 4.68. The maximum Gasteiger partial charge on any atom is 0.238 e. The van der Waals surface area contributed by atoms with Crippen LogP contribution in [0.1, 0.15) is 53.0 Å². The number of ketones is 2. The Morgan fingerprint density at radius 3 is 1.88 bits per heavy atom. The molecule has 0 radical (unpaired) electrons. The molecule has 49 heavy (non-hydrogen) atoms. The number of phenolic OH excluding ortho intramolecular Hbond substituents is 1. The van der Waals surface area contributed by atoms with Gasteiger partial charge in [0.2, 0.25) is 23.6 Å². The summed E-state index contributed by atoms with van der Waals surface area (Å²) in [6, 6.07) is 17.6. The summed E-state index contributed by atoms with van der Waals surface area (Å²) in [6.45, 7) is 2.89. The van der Waals surface area contributed by atoms with E-state index in [2.05, 4.69) is 0 Å². The maximum atomic E-state index is 14.4. The molecule has 0 aromatic heterocycles. The van der Waals surface area contributed by atoms with Gasteiger partial charge in [0.15, 0.2) is 11.6 Å². The van der Waals surface area contributed by atoms with Gasteiger partial charge in [-0.05, 0) is 105 Å². The number of allylic oxidation sites excluding steroid dienone is 3. The van der Waals surface area contributed by atoms with E-state index < -0.39 is 35.5 Å². The molecule has 0 spiro atoms. The zero-order valence-electron chi connectivity index (χ0n) is 26.8. The van der Waals surface area contributed by atoms with Gasteiger partial charge in [-0.2, -0.15) is 0 Å². The molecule has 5 aliphatic rings. The summed E-state index contributed by atoms with van der Waals surface area (Å²) in [5.41, 5.74) is 3.97. The van der Waals surface area contributed by atoms with Crippen molar-refractivity contribution in [3.63, 3.8) is 0 Å². The van der Waals surface area contributed by atoms with Gasteiger partial charge in [-0.15, -0.1) is 0 Å². The lowest BCUT2D eigenvalue weighted by Gasteiger charge is -2.45. The first-order chi connectivity index (χ1) is 23.5. The van der Waals surface area contributed by atoms with Crippen LogP contribution in [0.5, 0.6) is 11.5 Å². The number of carbonyl (C=O) groups excluding carboxylic acids is 6. The Bertz CT molecular complexity index is 2060. The Hall–Kier alpha value is -5.64. The molecular weight excluding hydrogens is 624 g/mol. The average Bonchev–Trinajstić information content (AvgIpc) is 3.50. The molecular formula is C39H32N2O8. The highest BCUT2D eigenvalue weighted by Gasteiger charge is 2.62. The number of nitrogens with zero attached hydrogens (tertiary/aromatic N) is 2. The number of anilines is 2. The van der Waals surface area contributed by atoms with Crippen molar-refractivity contribution in [1.82, 2.24) is 0 Å². The van der Waals surface area contributed by atoms with Crippen LogP contribution in [0.4, 0.5) is 11.4 Å². The van der Waals surface area contributed by atoms with E-state index in [4.69, 9.17) is 4.74 Å². The summed E-state index contributed by atoms with van der Waals surface area (Å²) in [6.07, 6.45) is 4.44. The highest BCUT2D eigenvalue weighted by Crippen LogP contribution is 2.58. The standard InChI is InChI=1S/C39H32N2O8/c1-19(42)21-3-7-25(8-4-21)40-36(45)29-13-12-28-30(34(29)38(40)47)17-31-35(33(28)24-15-23-16-27(44)11-14-32(23)49-18-24)39(48)41(37(31)46)26-9-5-22(6-10-26)20(2)43/h3-12,14,16,18,29-31,33-35,44H,13,15,17H2,1-2H3. The van der Waals surface area contributed by atoms with E-state index >= 15 is 0 Å². The quantitative estimate of drug-likeness (QED) is 0.225. The minimum Gasteiger partial charge on any atom is -0.508 e. The van der Waals surface area contributed by atoms with Gasteiger partial charge < -0.3 is 9.84 Å². The highest BCUT2D eigenvalue weighted by atomic mass is 16.5. The maximum absolute atomic E-state index is 14.4. The van der Waals surface area contributed by atoms with Crippen molar-refractivity contribution in [2.24, 2.45) is 35.5 Å². The highest BCUT2D eigenvalue weighted by molar-refractivity contribution is 6.24. The van der Waals surface area contributed by atoms with Crippen LogP contribution in [0.15, 0.2) is 90.2 Å². The van der Waals surface area contributed by atoms with Crippen LogP contribution in [0, 0.1) is 35.5 Å². The molecule has 3 heterocycles. The van der Waals surface area contributed by atoms with Crippen LogP contribution in [0.2, 0.25) is 0 Å². The fraction of sp³-hybridized carbons (Fsp3) is 0.282. The molecule has 10 heteroatoms. The Morgan fingerprint density at radius 1 is 0.714 bits per heavy atom. The monoisotopic (exact) mass is 656 g/mol. The number of hydrogen-bond acceptors (Lipinski definition) is 8. The number of benzene rings is 3. The van der Waals surface area contributed by atoms with Crippen LogP contribution in [-0.4, -0.2) is 40.3 Å². The van der Waals surface area contributed by atoms with Crippen LogP contribution in [0.3, 0.4) is 0 Å². The Morgan fingerprint density at radius 2 is 1.29 bits per heavy atom. The molecule has 246 valence electrons. The summed E-state index contributed by atoms with van der Waals surface area (Å²) in [5.74, 6) is -5.10. The van der Waals surface area contributed by atoms with Gasteiger partial charge in [-0.3, -0.25) is 38.6 Å². The Balaban J connectivity index is 1.20. The van der Waals surface area contributed by atoms with Crippen molar-refractivity contribution in [2.75, 3.05) is 9.80 Å². The molecule has 3 aliphatic heterocycles. The van der Waals surface area contributed by atoms with Crippen molar-refractivity contribution >= 4 is 46.6 Å². The summed E-state index contributed by atoms with van der Waals surface area (Å²) in [4.78, 5) is 83.0. The number of rotatable bonds is 5. The van der Waals surface area contributed by atoms with Gasteiger partial charge in [0.05, 0.1) is 41.3 Å². The molecule has 3 fully saturated rings. The Kier molecular flexibility index (Phi) is 7.03. The summed E-state index contributed by atoms with van der Waals surface area (Å²) in [5, 5.41) is 10.2. The summed E-state index contributed by atoms with van der Waals surface area (Å²) in [7, 11) is 0. The zero-order valence-corrected chi connectivity index (χ0v) is 26.8. The summed E-state index contributed by atoms with van der Waals surface area (Å²) >= 11 is 0. The minimum atomic E-state index is -0.782. The van der Waals surface area contributed by atoms with Crippen molar-refractivity contribution < 1.29 is 38.6 Å². The van der Waals surface area contributed by atoms with Crippen molar-refractivity contribution in [1.29, 1.82) is 0 Å². The van der Waals surface area contributed by atoms with Crippen LogP contribution in [-0.2, 0) is 25.6 Å². The largest absolute Gasteiger partial charge is 0.508 e. The number of carbonyl (C=O) groups is 6. The summed E-state index contributed by atoms with van der Waals surface area (Å²) < 4.78 is 6.01. The van der Waals surface area contributed by atoms with E-state index in [9.17, 15) is 33.9 Å². The smallest absolute Gasteiger partial charge is 0.238 e. The van der Waals surface area contributed by atoms with Gasteiger partial charge in [-0.1, -0.05) is 11.6 Å². The van der Waals surface area contributed by atoms with E-state index in [1.807, 2.05) is 6.08 Å². The molecule has 3 aromatic carbocycles. The molecule has 10 nitrogen and oxygen atoms in total. The van der Waals surface area contributed by atoms with E-state index in [1.165, 1.54) is 29.7 Å². The molecule has 6 atom stereocenters. The molecule has 3 aromatic rings. The number of ether oxygens (including phenoxy) is 1. The van der Waals surface area contributed by atoms with Crippen LogP contribution in [0.25, 0.3) is 0 Å². The SMILES string of the molecule is CC(=O)c1ccc(N2C(=O)C3CC=C4C(CC5C(=O)N(c6ccc(C(C)=O)cc6)C(=O)C5C4C4=COc5ccc(O)cc5C4)C3C2=O)cc1. The van der Waals surface area contributed by atoms with Gasteiger partial charge in [0, 0.05) is 29.0 Å². The van der Waals surface area contributed by atoms with Gasteiger partial charge in [0.25, 0.3) is 0 Å². The van der Waals surface area contributed by atoms with Gasteiger partial charge >= 0.3 is 0 Å². The van der Waals surface area contributed by atoms with E-state index in [0.717, 1.165) is 16.7 Å². The van der Waals surface area contributed by atoms with Gasteiger partial charge in [0.1, 0.15) is 11.5 Å². The number of hydrogen-bond donors (Lipinski definition) is 1. The van der Waals surface area contributed by atoms with Gasteiger partial charge in [-0.25, -0.2) is 0 Å². The third-order valence-corrected chi connectivity index (χ3v) is 10.9. The predicted molar refractivity (Wildman–Crippen MR) is 177 cm³/mol. The first kappa shape index (κ1) is 30.7. The first-order valence-electron chi connectivity index (χ1n) is 16.4. The fourth-order valence-electron chi connectivity index (χ4n) is 8.61. The third-order valence-electron chi connectivity index (χ3n) is 10.9. The second-order valence-electron chi connectivity index (χ2n) is 13.5. The van der Waals surface area contributed by atoms with E-state index in [1.54, 1.807) is 66.9 Å². The lowest BCUT2D eigenvalue weighted by molar-refractivity contribution is -0.126. The van der Waals surface area contributed by atoms with E-state index in [0.29, 0.717) is 41.1 Å². The Labute approximate surface area is 281 Å². The predicted octanol–water partition coefficient (Wildman–Crippen LogP) is 5.19. The number of Topliss-reactive ketones (excluding diaryl/α,β-unsaturated/α-hetero) is 2. The zero-order chi connectivity index (χ0) is 34.3. The first-order valence-corrected chi connectivity index (χ1v) is 16.4. The molecule has 4 amide bonds. The van der Waals surface area contributed by atoms with Crippen LogP contribution < -0.4 is 14.5 Å². The lowest BCUT2D eigenvalue weighted by atomic mass is 9.56. The molecule has 6 unspecified atom stereocenters. The molecule has 2 aliphatic carbocycles.